The number of nitrogens with two attached hydrogens (primary N) is 1. The Bertz CT molecular complexity index is 318. The number of methoxy groups -OCH3 is 1. The summed E-state index contributed by atoms with van der Waals surface area (Å²) in [6.45, 7) is 1.07. The van der Waals surface area contributed by atoms with Crippen LogP contribution in [0.5, 0.6) is 11.5 Å². The molecule has 0 aliphatic carbocycles. The van der Waals surface area contributed by atoms with Crippen LogP contribution in [-0.4, -0.2) is 20.3 Å². The van der Waals surface area contributed by atoms with Crippen molar-refractivity contribution in [2.75, 3.05) is 20.3 Å². The Kier molecular flexibility index (Phi) is 5.24. The number of ether oxygens (including phenoxy) is 2. The van der Waals surface area contributed by atoms with E-state index in [1.807, 2.05) is 12.1 Å². The average Bonchev–Trinajstić information content (AvgIpc) is 2.18. The number of benzene rings is 1. The topological polar surface area (TPSA) is 44.5 Å². The second kappa shape index (κ2) is 5.96. The fraction of sp³-hybridized carbons (Fsp3) is 0.333. The molecule has 78 valence electrons. The summed E-state index contributed by atoms with van der Waals surface area (Å²) in [6.07, 6.45) is 0. The Balaban J connectivity index is 2.90. The van der Waals surface area contributed by atoms with Gasteiger partial charge in [-0.25, -0.2) is 0 Å². The van der Waals surface area contributed by atoms with Gasteiger partial charge in [-0.3, -0.25) is 0 Å². The third kappa shape index (κ3) is 3.13. The Morgan fingerprint density at radius 1 is 1.21 bits per heavy atom. The first-order valence-electron chi connectivity index (χ1n) is 4.05. The Hall–Kier alpha value is 0.240. The SMILES string of the molecule is COc1cc(I)c(OCCN)cc1I. The number of rotatable bonds is 4. The lowest BCUT2D eigenvalue weighted by Crippen LogP contribution is -2.11. The third-order valence-electron chi connectivity index (χ3n) is 1.58. The average molecular weight is 419 g/mol. The molecule has 0 amide bonds. The minimum atomic E-state index is 0.526. The summed E-state index contributed by atoms with van der Waals surface area (Å²) in [4.78, 5) is 0. The zero-order chi connectivity index (χ0) is 10.6. The van der Waals surface area contributed by atoms with Crippen molar-refractivity contribution in [1.82, 2.24) is 0 Å². The molecule has 2 N–H and O–H groups in total. The van der Waals surface area contributed by atoms with Crippen LogP contribution >= 0.6 is 45.2 Å². The predicted molar refractivity (Wildman–Crippen MR) is 73.0 cm³/mol. The van der Waals surface area contributed by atoms with Crippen LogP contribution in [0.1, 0.15) is 0 Å². The Morgan fingerprint density at radius 3 is 2.36 bits per heavy atom. The van der Waals surface area contributed by atoms with Crippen molar-refractivity contribution in [2.24, 2.45) is 5.73 Å². The molecule has 14 heavy (non-hydrogen) atoms. The summed E-state index contributed by atoms with van der Waals surface area (Å²) < 4.78 is 12.7. The van der Waals surface area contributed by atoms with Crippen molar-refractivity contribution < 1.29 is 9.47 Å². The molecule has 0 aliphatic heterocycles. The Labute approximate surface area is 111 Å². The van der Waals surface area contributed by atoms with Crippen molar-refractivity contribution in [2.45, 2.75) is 0 Å². The van der Waals surface area contributed by atoms with Gasteiger partial charge < -0.3 is 15.2 Å². The van der Waals surface area contributed by atoms with Gasteiger partial charge >= 0.3 is 0 Å². The maximum Gasteiger partial charge on any atom is 0.134 e. The highest BCUT2D eigenvalue weighted by Gasteiger charge is 2.07. The molecule has 0 aromatic heterocycles. The summed E-state index contributed by atoms with van der Waals surface area (Å²) >= 11 is 4.43. The lowest BCUT2D eigenvalue weighted by Gasteiger charge is -2.10. The van der Waals surface area contributed by atoms with E-state index < -0.39 is 0 Å². The highest BCUT2D eigenvalue weighted by Crippen LogP contribution is 2.30. The van der Waals surface area contributed by atoms with Crippen molar-refractivity contribution in [3.63, 3.8) is 0 Å². The molecular formula is C9H11I2NO2. The first-order valence-corrected chi connectivity index (χ1v) is 6.20. The zero-order valence-corrected chi connectivity index (χ0v) is 12.0. The molecule has 0 heterocycles. The standard InChI is InChI=1S/C9H11I2NO2/c1-13-8-4-7(11)9(5-6(8)10)14-3-2-12/h4-5H,2-3,12H2,1H3. The molecular weight excluding hydrogens is 408 g/mol. The monoisotopic (exact) mass is 419 g/mol. The van der Waals surface area contributed by atoms with Crippen molar-refractivity contribution >= 4 is 45.2 Å². The summed E-state index contributed by atoms with van der Waals surface area (Å²) in [6, 6.07) is 3.91. The second-order valence-electron chi connectivity index (χ2n) is 2.55. The fourth-order valence-corrected chi connectivity index (χ4v) is 2.20. The van der Waals surface area contributed by atoms with Gasteiger partial charge in [0.25, 0.3) is 0 Å². The molecule has 0 aliphatic rings. The quantitative estimate of drug-likeness (QED) is 0.763. The minimum Gasteiger partial charge on any atom is -0.496 e. The summed E-state index contributed by atoms with van der Waals surface area (Å²) in [5.41, 5.74) is 5.37. The van der Waals surface area contributed by atoms with Crippen LogP contribution in [0.15, 0.2) is 12.1 Å². The molecule has 1 aromatic carbocycles. The summed E-state index contributed by atoms with van der Waals surface area (Å²) in [5.74, 6) is 1.73. The summed E-state index contributed by atoms with van der Waals surface area (Å²) in [7, 11) is 1.66. The van der Waals surface area contributed by atoms with Crippen molar-refractivity contribution in [1.29, 1.82) is 0 Å². The fourth-order valence-electron chi connectivity index (χ4n) is 0.946. The zero-order valence-electron chi connectivity index (χ0n) is 7.72. The molecule has 5 heteroatoms. The molecule has 3 nitrogen and oxygen atoms in total. The maximum atomic E-state index is 5.47. The van der Waals surface area contributed by atoms with E-state index in [9.17, 15) is 0 Å². The predicted octanol–water partition coefficient (Wildman–Crippen LogP) is 2.24. The third-order valence-corrected chi connectivity index (χ3v) is 3.27. The number of hydrogen-bond donors (Lipinski definition) is 1. The van der Waals surface area contributed by atoms with Gasteiger partial charge in [-0.2, -0.15) is 0 Å². The molecule has 1 aromatic rings. The van der Waals surface area contributed by atoms with E-state index in [1.54, 1.807) is 7.11 Å². The first kappa shape index (κ1) is 12.3. The molecule has 0 radical (unpaired) electrons. The molecule has 0 atom stereocenters. The second-order valence-corrected chi connectivity index (χ2v) is 4.88. The normalized spacial score (nSPS) is 10.0. The van der Waals surface area contributed by atoms with Gasteiger partial charge in [0.1, 0.15) is 18.1 Å². The highest BCUT2D eigenvalue weighted by molar-refractivity contribution is 14.1. The van der Waals surface area contributed by atoms with Gasteiger partial charge in [0.05, 0.1) is 14.3 Å². The highest BCUT2D eigenvalue weighted by atomic mass is 127. The van der Waals surface area contributed by atoms with Gasteiger partial charge in [0.15, 0.2) is 0 Å². The lowest BCUT2D eigenvalue weighted by atomic mass is 10.3. The van der Waals surface area contributed by atoms with Gasteiger partial charge in [0.2, 0.25) is 0 Å². The lowest BCUT2D eigenvalue weighted by molar-refractivity contribution is 0.324. The number of hydrogen-bond acceptors (Lipinski definition) is 3. The largest absolute Gasteiger partial charge is 0.496 e. The van der Waals surface area contributed by atoms with Gasteiger partial charge in [-0.15, -0.1) is 0 Å². The number of halogens is 2. The van der Waals surface area contributed by atoms with Crippen LogP contribution in [0.25, 0.3) is 0 Å². The summed E-state index contributed by atoms with van der Waals surface area (Å²) in [5, 5.41) is 0. The van der Waals surface area contributed by atoms with Crippen LogP contribution in [0, 0.1) is 7.14 Å². The van der Waals surface area contributed by atoms with E-state index in [1.165, 1.54) is 0 Å². The van der Waals surface area contributed by atoms with Crippen LogP contribution in [0.4, 0.5) is 0 Å². The molecule has 0 fully saturated rings. The van der Waals surface area contributed by atoms with Crippen LogP contribution in [0.3, 0.4) is 0 Å². The smallest absolute Gasteiger partial charge is 0.134 e. The molecule has 0 unspecified atom stereocenters. The first-order chi connectivity index (χ1) is 6.69. The van der Waals surface area contributed by atoms with Gasteiger partial charge in [-0.05, 0) is 57.3 Å². The minimum absolute atomic E-state index is 0.526. The van der Waals surface area contributed by atoms with Crippen molar-refractivity contribution in [3.8, 4) is 11.5 Å². The molecule has 0 bridgehead atoms. The van der Waals surface area contributed by atoms with E-state index in [0.29, 0.717) is 13.2 Å². The maximum absolute atomic E-state index is 5.47. The van der Waals surface area contributed by atoms with Crippen LogP contribution in [0.2, 0.25) is 0 Å². The van der Waals surface area contributed by atoms with Crippen LogP contribution in [-0.2, 0) is 0 Å². The van der Waals surface area contributed by atoms with E-state index in [2.05, 4.69) is 45.2 Å². The van der Waals surface area contributed by atoms with Crippen LogP contribution < -0.4 is 15.2 Å². The van der Waals surface area contributed by atoms with E-state index >= 15 is 0 Å². The van der Waals surface area contributed by atoms with Gasteiger partial charge in [-0.1, -0.05) is 0 Å². The molecule has 0 spiro atoms. The molecule has 1 rings (SSSR count). The molecule has 0 saturated heterocycles. The van der Waals surface area contributed by atoms with E-state index in [-0.39, 0.29) is 0 Å². The Morgan fingerprint density at radius 2 is 1.79 bits per heavy atom. The van der Waals surface area contributed by atoms with E-state index in [4.69, 9.17) is 15.2 Å². The van der Waals surface area contributed by atoms with E-state index in [0.717, 1.165) is 18.6 Å². The molecule has 0 saturated carbocycles. The van der Waals surface area contributed by atoms with Crippen molar-refractivity contribution in [3.05, 3.63) is 19.3 Å². The van der Waals surface area contributed by atoms with Gasteiger partial charge in [0, 0.05) is 6.54 Å².